The number of rotatable bonds is 18. The number of unbranched alkanes of at least 4 members (excludes halogenated alkanes) is 11. The Morgan fingerprint density at radius 3 is 1.25 bits per heavy atom. The highest BCUT2D eigenvalue weighted by atomic mass is 127. The summed E-state index contributed by atoms with van der Waals surface area (Å²) in [7, 11) is 2.49. The zero-order valence-electron chi connectivity index (χ0n) is 16.9. The first-order valence-corrected chi connectivity index (χ1v) is 11.1. The monoisotopic (exact) mass is 473 g/mol. The van der Waals surface area contributed by atoms with Gasteiger partial charge in [-0.1, -0.05) is 65.2 Å². The summed E-state index contributed by atoms with van der Waals surface area (Å²) in [6, 6.07) is 0. The van der Waals surface area contributed by atoms with E-state index in [2.05, 4.69) is 20.9 Å². The summed E-state index contributed by atoms with van der Waals surface area (Å²) in [6.45, 7) is 8.68. The fourth-order valence-electron chi connectivity index (χ4n) is 3.47. The standard InChI is InChI=1S/C21H45ClN.HI/c1-4-6-8-10-12-15-19-23(3,21-17-14-18-22)20-16-13-11-9-7-5-2;/h4-21H2,1-3H3;1H/q+1;/p-1. The van der Waals surface area contributed by atoms with Crippen molar-refractivity contribution in [3.05, 3.63) is 0 Å². The lowest BCUT2D eigenvalue weighted by Crippen LogP contribution is -3.00. The number of nitrogens with zero attached hydrogens (tertiary/aromatic N) is 1. The van der Waals surface area contributed by atoms with Gasteiger partial charge in [0, 0.05) is 5.88 Å². The van der Waals surface area contributed by atoms with Gasteiger partial charge in [-0.15, -0.1) is 11.6 Å². The maximum absolute atomic E-state index is 5.87. The van der Waals surface area contributed by atoms with Crippen LogP contribution in [0.15, 0.2) is 0 Å². The zero-order chi connectivity index (χ0) is 17.2. The Hall–Kier alpha value is 0.980. The van der Waals surface area contributed by atoms with Crippen LogP contribution in [0.4, 0.5) is 0 Å². The second kappa shape index (κ2) is 20.3. The number of quaternary nitrogens is 1. The van der Waals surface area contributed by atoms with Crippen molar-refractivity contribution in [1.82, 2.24) is 0 Å². The molecule has 0 aromatic rings. The first-order chi connectivity index (χ1) is 11.2. The summed E-state index contributed by atoms with van der Waals surface area (Å²) in [5.41, 5.74) is 0. The fourth-order valence-corrected chi connectivity index (χ4v) is 3.66. The van der Waals surface area contributed by atoms with Gasteiger partial charge < -0.3 is 28.5 Å². The summed E-state index contributed by atoms with van der Waals surface area (Å²) in [6.07, 6.45) is 19.4. The van der Waals surface area contributed by atoms with Crippen molar-refractivity contribution >= 4 is 11.6 Å². The summed E-state index contributed by atoms with van der Waals surface area (Å²) in [4.78, 5) is 0. The van der Waals surface area contributed by atoms with E-state index >= 15 is 0 Å². The van der Waals surface area contributed by atoms with Crippen LogP contribution in [0.25, 0.3) is 0 Å². The van der Waals surface area contributed by atoms with Gasteiger partial charge in [0.05, 0.1) is 26.7 Å². The Kier molecular flexibility index (Phi) is 23.0. The van der Waals surface area contributed by atoms with Crippen LogP contribution in [0.1, 0.15) is 104 Å². The number of hydrogen-bond donors (Lipinski definition) is 0. The molecule has 0 rings (SSSR count). The third kappa shape index (κ3) is 17.8. The van der Waals surface area contributed by atoms with E-state index in [1.54, 1.807) is 0 Å². The van der Waals surface area contributed by atoms with E-state index in [-0.39, 0.29) is 24.0 Å². The van der Waals surface area contributed by atoms with Crippen molar-refractivity contribution in [2.45, 2.75) is 104 Å². The molecular weight excluding hydrogens is 429 g/mol. The smallest absolute Gasteiger partial charge is 0.0784 e. The molecule has 1 nitrogen and oxygen atoms in total. The van der Waals surface area contributed by atoms with E-state index in [0.717, 1.165) is 5.88 Å². The highest BCUT2D eigenvalue weighted by Gasteiger charge is 2.19. The van der Waals surface area contributed by atoms with E-state index < -0.39 is 0 Å². The van der Waals surface area contributed by atoms with Gasteiger partial charge in [0.2, 0.25) is 0 Å². The number of halogens is 2. The molecule has 0 saturated heterocycles. The quantitative estimate of drug-likeness (QED) is 0.121. The molecular formula is C21H45ClIN. The van der Waals surface area contributed by atoms with E-state index in [1.807, 2.05) is 0 Å². The largest absolute Gasteiger partial charge is 1.00 e. The average Bonchev–Trinajstić information content (AvgIpc) is 2.54. The van der Waals surface area contributed by atoms with Crippen LogP contribution < -0.4 is 24.0 Å². The first-order valence-electron chi connectivity index (χ1n) is 10.6. The van der Waals surface area contributed by atoms with Gasteiger partial charge in [-0.05, 0) is 38.5 Å². The summed E-state index contributed by atoms with van der Waals surface area (Å²) in [5, 5.41) is 0. The summed E-state index contributed by atoms with van der Waals surface area (Å²) >= 11 is 5.87. The Balaban J connectivity index is 0. The number of alkyl halides is 1. The molecule has 0 heterocycles. The second-order valence-corrected chi connectivity index (χ2v) is 8.10. The van der Waals surface area contributed by atoms with Gasteiger partial charge in [0.1, 0.15) is 0 Å². The van der Waals surface area contributed by atoms with Crippen LogP contribution in [0.5, 0.6) is 0 Å². The van der Waals surface area contributed by atoms with E-state index in [0.29, 0.717) is 0 Å². The van der Waals surface area contributed by atoms with Crippen molar-refractivity contribution in [3.8, 4) is 0 Å². The lowest BCUT2D eigenvalue weighted by Gasteiger charge is -2.35. The predicted octanol–water partition coefficient (Wildman–Crippen LogP) is 4.18. The molecule has 24 heavy (non-hydrogen) atoms. The van der Waals surface area contributed by atoms with Crippen LogP contribution in [0, 0.1) is 0 Å². The molecule has 0 unspecified atom stereocenters. The molecule has 0 aliphatic heterocycles. The van der Waals surface area contributed by atoms with E-state index in [9.17, 15) is 0 Å². The van der Waals surface area contributed by atoms with Gasteiger partial charge in [0.15, 0.2) is 0 Å². The molecule has 0 aromatic heterocycles. The lowest BCUT2D eigenvalue weighted by atomic mass is 10.1. The highest BCUT2D eigenvalue weighted by Crippen LogP contribution is 2.15. The molecule has 0 atom stereocenters. The van der Waals surface area contributed by atoms with Crippen LogP contribution in [-0.4, -0.2) is 37.0 Å². The lowest BCUT2D eigenvalue weighted by molar-refractivity contribution is -0.910. The third-order valence-corrected chi connectivity index (χ3v) is 5.45. The summed E-state index contributed by atoms with van der Waals surface area (Å²) in [5.74, 6) is 0.827. The molecule has 0 N–H and O–H groups in total. The zero-order valence-corrected chi connectivity index (χ0v) is 19.8. The Morgan fingerprint density at radius 1 is 0.542 bits per heavy atom. The topological polar surface area (TPSA) is 0 Å². The molecule has 0 bridgehead atoms. The van der Waals surface area contributed by atoms with Gasteiger partial charge >= 0.3 is 0 Å². The molecule has 0 aromatic carbocycles. The Bertz CT molecular complexity index is 220. The highest BCUT2D eigenvalue weighted by molar-refractivity contribution is 6.17. The van der Waals surface area contributed by atoms with Gasteiger partial charge in [-0.2, -0.15) is 0 Å². The molecule has 0 aliphatic rings. The van der Waals surface area contributed by atoms with Crippen molar-refractivity contribution in [2.24, 2.45) is 0 Å². The van der Waals surface area contributed by atoms with Crippen LogP contribution in [-0.2, 0) is 0 Å². The molecule has 3 heteroatoms. The molecule has 0 fully saturated rings. The van der Waals surface area contributed by atoms with Crippen molar-refractivity contribution in [2.75, 3.05) is 32.6 Å². The average molecular weight is 474 g/mol. The fraction of sp³-hybridized carbons (Fsp3) is 1.00. The molecule has 0 amide bonds. The van der Waals surface area contributed by atoms with Gasteiger partial charge in [-0.3, -0.25) is 0 Å². The molecule has 148 valence electrons. The van der Waals surface area contributed by atoms with Crippen LogP contribution >= 0.6 is 11.6 Å². The van der Waals surface area contributed by atoms with Crippen molar-refractivity contribution in [1.29, 1.82) is 0 Å². The minimum Gasteiger partial charge on any atom is -1.00 e. The molecule has 0 saturated carbocycles. The SMILES string of the molecule is CCCCCCCC[N+](C)(CCCCCl)CCCCCCCC.[I-]. The Morgan fingerprint density at radius 2 is 0.875 bits per heavy atom. The predicted molar refractivity (Wildman–Crippen MR) is 107 cm³/mol. The minimum absolute atomic E-state index is 0. The van der Waals surface area contributed by atoms with Crippen LogP contribution in [0.3, 0.4) is 0 Å². The Labute approximate surface area is 175 Å². The van der Waals surface area contributed by atoms with Crippen molar-refractivity contribution < 1.29 is 28.5 Å². The maximum atomic E-state index is 5.87. The van der Waals surface area contributed by atoms with Crippen molar-refractivity contribution in [3.63, 3.8) is 0 Å². The second-order valence-electron chi connectivity index (χ2n) is 7.72. The normalized spacial score (nSPS) is 11.5. The van der Waals surface area contributed by atoms with E-state index in [1.165, 1.54) is 114 Å². The number of hydrogen-bond acceptors (Lipinski definition) is 0. The summed E-state index contributed by atoms with van der Waals surface area (Å²) < 4.78 is 1.29. The van der Waals surface area contributed by atoms with Crippen LogP contribution in [0.2, 0.25) is 0 Å². The maximum Gasteiger partial charge on any atom is 0.0784 e. The molecule has 0 spiro atoms. The third-order valence-electron chi connectivity index (χ3n) is 5.18. The minimum atomic E-state index is 0. The molecule has 0 radical (unpaired) electrons. The van der Waals surface area contributed by atoms with Gasteiger partial charge in [0.25, 0.3) is 0 Å². The first kappa shape index (κ1) is 27.2. The van der Waals surface area contributed by atoms with Gasteiger partial charge in [-0.25, -0.2) is 0 Å². The molecule has 0 aliphatic carbocycles. The van der Waals surface area contributed by atoms with E-state index in [4.69, 9.17) is 11.6 Å².